The van der Waals surface area contributed by atoms with Crippen molar-refractivity contribution in [3.8, 4) is 5.69 Å². The molecule has 1 aliphatic rings. The highest BCUT2D eigenvalue weighted by atomic mass is 15.5. The number of hydrogen-bond donors (Lipinski definition) is 1. The Hall–Kier alpha value is -1.79. The van der Waals surface area contributed by atoms with Crippen LogP contribution in [0, 0.1) is 0 Å². The lowest BCUT2D eigenvalue weighted by atomic mass is 10.0. The molecule has 1 aliphatic heterocycles. The van der Waals surface area contributed by atoms with Crippen LogP contribution >= 0.6 is 0 Å². The van der Waals surface area contributed by atoms with E-state index >= 15 is 0 Å². The molecule has 2 atom stereocenters. The average Bonchev–Trinajstić information content (AvgIpc) is 3.09. The van der Waals surface area contributed by atoms with Gasteiger partial charge in [0.1, 0.15) is 6.33 Å². The van der Waals surface area contributed by atoms with Gasteiger partial charge in [0.2, 0.25) is 0 Å². The minimum atomic E-state index is 0.367. The zero-order valence-electron chi connectivity index (χ0n) is 12.6. The third-order valence-electron chi connectivity index (χ3n) is 4.42. The SMILES string of the molecule is CC(c1cccc(-n2cnnn2)c1)N(C)C1CCCNC1. The molecule has 0 spiro atoms. The molecule has 2 unspecified atom stereocenters. The minimum Gasteiger partial charge on any atom is -0.315 e. The van der Waals surface area contributed by atoms with Crippen LogP contribution in [0.25, 0.3) is 5.69 Å². The van der Waals surface area contributed by atoms with Crippen molar-refractivity contribution in [2.24, 2.45) is 0 Å². The molecule has 2 heterocycles. The van der Waals surface area contributed by atoms with Gasteiger partial charge in [0, 0.05) is 18.6 Å². The Bertz CT molecular complexity index is 561. The second kappa shape index (κ2) is 6.32. The van der Waals surface area contributed by atoms with Crippen molar-refractivity contribution in [1.82, 2.24) is 30.4 Å². The van der Waals surface area contributed by atoms with Gasteiger partial charge in [-0.05, 0) is 61.5 Å². The molecule has 1 saturated heterocycles. The fraction of sp³-hybridized carbons (Fsp3) is 0.533. The van der Waals surface area contributed by atoms with Crippen molar-refractivity contribution >= 4 is 0 Å². The lowest BCUT2D eigenvalue weighted by molar-refractivity contribution is 0.156. The van der Waals surface area contributed by atoms with Gasteiger partial charge >= 0.3 is 0 Å². The Morgan fingerprint density at radius 2 is 2.33 bits per heavy atom. The predicted molar refractivity (Wildman–Crippen MR) is 81.2 cm³/mol. The summed E-state index contributed by atoms with van der Waals surface area (Å²) in [5.74, 6) is 0. The van der Waals surface area contributed by atoms with Crippen molar-refractivity contribution in [2.45, 2.75) is 31.8 Å². The van der Waals surface area contributed by atoms with Crippen LogP contribution in [-0.2, 0) is 0 Å². The van der Waals surface area contributed by atoms with Crippen LogP contribution in [0.1, 0.15) is 31.4 Å². The van der Waals surface area contributed by atoms with Crippen molar-refractivity contribution < 1.29 is 0 Å². The molecule has 6 nitrogen and oxygen atoms in total. The van der Waals surface area contributed by atoms with Crippen molar-refractivity contribution in [1.29, 1.82) is 0 Å². The predicted octanol–water partition coefficient (Wildman–Crippen LogP) is 1.41. The highest BCUT2D eigenvalue weighted by molar-refractivity contribution is 5.35. The molecule has 6 heteroatoms. The van der Waals surface area contributed by atoms with Gasteiger partial charge in [0.05, 0.1) is 5.69 Å². The van der Waals surface area contributed by atoms with E-state index in [1.54, 1.807) is 11.0 Å². The lowest BCUT2D eigenvalue weighted by Gasteiger charge is -2.36. The van der Waals surface area contributed by atoms with E-state index in [4.69, 9.17) is 0 Å². The number of benzene rings is 1. The molecule has 1 N–H and O–H groups in total. The number of aromatic nitrogens is 4. The summed E-state index contributed by atoms with van der Waals surface area (Å²) in [6, 6.07) is 9.39. The Balaban J connectivity index is 1.77. The summed E-state index contributed by atoms with van der Waals surface area (Å²) in [6.45, 7) is 4.48. The zero-order valence-corrected chi connectivity index (χ0v) is 12.6. The maximum absolute atomic E-state index is 3.95. The van der Waals surface area contributed by atoms with E-state index in [1.165, 1.54) is 18.4 Å². The molecule has 0 amide bonds. The lowest BCUT2D eigenvalue weighted by Crippen LogP contribution is -2.45. The molecule has 1 aromatic carbocycles. The van der Waals surface area contributed by atoms with E-state index in [9.17, 15) is 0 Å². The highest BCUT2D eigenvalue weighted by Gasteiger charge is 2.22. The summed E-state index contributed by atoms with van der Waals surface area (Å²) >= 11 is 0. The van der Waals surface area contributed by atoms with E-state index in [0.29, 0.717) is 12.1 Å². The van der Waals surface area contributed by atoms with Gasteiger partial charge in [-0.15, -0.1) is 5.10 Å². The standard InChI is InChI=1S/C15H22N6/c1-12(20(2)15-7-4-8-16-10-15)13-5-3-6-14(9-13)21-11-17-18-19-21/h3,5-6,9,11-12,15-16H,4,7-8,10H2,1-2H3. The topological polar surface area (TPSA) is 58.9 Å². The summed E-state index contributed by atoms with van der Waals surface area (Å²) in [7, 11) is 2.21. The van der Waals surface area contributed by atoms with Gasteiger partial charge in [-0.25, -0.2) is 4.68 Å². The first-order chi connectivity index (χ1) is 10.3. The smallest absolute Gasteiger partial charge is 0.143 e. The van der Waals surface area contributed by atoms with Crippen LogP contribution in [0.2, 0.25) is 0 Å². The normalized spacial score (nSPS) is 20.6. The van der Waals surface area contributed by atoms with Crippen LogP contribution in [0.5, 0.6) is 0 Å². The van der Waals surface area contributed by atoms with Crippen molar-refractivity contribution in [3.05, 3.63) is 36.2 Å². The number of nitrogens with zero attached hydrogens (tertiary/aromatic N) is 5. The number of rotatable bonds is 4. The van der Waals surface area contributed by atoms with E-state index in [1.807, 2.05) is 6.07 Å². The number of tetrazole rings is 1. The first-order valence-electron chi connectivity index (χ1n) is 7.51. The molecule has 1 fully saturated rings. The summed E-state index contributed by atoms with van der Waals surface area (Å²) in [5.41, 5.74) is 2.29. The first-order valence-corrected chi connectivity index (χ1v) is 7.51. The maximum Gasteiger partial charge on any atom is 0.143 e. The quantitative estimate of drug-likeness (QED) is 0.921. The van der Waals surface area contributed by atoms with Gasteiger partial charge in [-0.3, -0.25) is 4.90 Å². The van der Waals surface area contributed by atoms with E-state index < -0.39 is 0 Å². The molecule has 0 saturated carbocycles. The molecule has 1 aromatic heterocycles. The van der Waals surface area contributed by atoms with Crippen LogP contribution in [0.3, 0.4) is 0 Å². The first kappa shape index (κ1) is 14.2. The third-order valence-corrected chi connectivity index (χ3v) is 4.42. The Kier molecular flexibility index (Phi) is 4.26. The van der Waals surface area contributed by atoms with Crippen LogP contribution < -0.4 is 5.32 Å². The fourth-order valence-electron chi connectivity index (χ4n) is 2.94. The number of nitrogens with one attached hydrogen (secondary N) is 1. The minimum absolute atomic E-state index is 0.367. The van der Waals surface area contributed by atoms with Gasteiger partial charge < -0.3 is 5.32 Å². The number of hydrogen-bond acceptors (Lipinski definition) is 5. The van der Waals surface area contributed by atoms with E-state index in [0.717, 1.165) is 18.8 Å². The van der Waals surface area contributed by atoms with Gasteiger partial charge in [-0.2, -0.15) is 0 Å². The van der Waals surface area contributed by atoms with Gasteiger partial charge in [0.25, 0.3) is 0 Å². The Labute approximate surface area is 125 Å². The molecule has 0 radical (unpaired) electrons. The second-order valence-corrected chi connectivity index (χ2v) is 5.69. The largest absolute Gasteiger partial charge is 0.315 e. The fourth-order valence-corrected chi connectivity index (χ4v) is 2.94. The van der Waals surface area contributed by atoms with Crippen LogP contribution in [-0.4, -0.2) is 51.3 Å². The van der Waals surface area contributed by atoms with E-state index in [-0.39, 0.29) is 0 Å². The second-order valence-electron chi connectivity index (χ2n) is 5.69. The van der Waals surface area contributed by atoms with Crippen LogP contribution in [0.4, 0.5) is 0 Å². The molecule has 0 aliphatic carbocycles. The molecule has 0 bridgehead atoms. The molecular formula is C15H22N6. The monoisotopic (exact) mass is 286 g/mol. The molecular weight excluding hydrogens is 264 g/mol. The Morgan fingerprint density at radius 1 is 1.43 bits per heavy atom. The van der Waals surface area contributed by atoms with Crippen molar-refractivity contribution in [2.75, 3.05) is 20.1 Å². The van der Waals surface area contributed by atoms with Gasteiger partial charge in [-0.1, -0.05) is 12.1 Å². The average molecular weight is 286 g/mol. The zero-order chi connectivity index (χ0) is 14.7. The number of piperidine rings is 1. The summed E-state index contributed by atoms with van der Waals surface area (Å²) in [6.07, 6.45) is 4.14. The molecule has 21 heavy (non-hydrogen) atoms. The molecule has 2 aromatic rings. The van der Waals surface area contributed by atoms with Crippen LogP contribution in [0.15, 0.2) is 30.6 Å². The van der Waals surface area contributed by atoms with Crippen molar-refractivity contribution in [3.63, 3.8) is 0 Å². The third kappa shape index (κ3) is 3.11. The summed E-state index contributed by atoms with van der Waals surface area (Å²) < 4.78 is 1.69. The summed E-state index contributed by atoms with van der Waals surface area (Å²) in [5, 5.41) is 14.8. The molecule has 3 rings (SSSR count). The summed E-state index contributed by atoms with van der Waals surface area (Å²) in [4.78, 5) is 2.46. The Morgan fingerprint density at radius 3 is 3.05 bits per heavy atom. The van der Waals surface area contributed by atoms with Gasteiger partial charge in [0.15, 0.2) is 0 Å². The highest BCUT2D eigenvalue weighted by Crippen LogP contribution is 2.24. The maximum atomic E-state index is 3.95. The molecule has 112 valence electrons. The number of likely N-dealkylation sites (N-methyl/N-ethyl adjacent to an activating group) is 1. The van der Waals surface area contributed by atoms with E-state index in [2.05, 4.69) is 57.9 Å².